The molecule has 1 fully saturated rings. The highest BCUT2D eigenvalue weighted by Crippen LogP contribution is 2.19. The molecule has 0 radical (unpaired) electrons. The summed E-state index contributed by atoms with van der Waals surface area (Å²) in [4.78, 5) is 4.22. The van der Waals surface area contributed by atoms with Gasteiger partial charge >= 0.3 is 0 Å². The molecule has 0 aromatic heterocycles. The van der Waals surface area contributed by atoms with Crippen molar-refractivity contribution in [3.8, 4) is 0 Å². The van der Waals surface area contributed by atoms with Crippen molar-refractivity contribution in [2.24, 2.45) is 4.99 Å². The minimum absolute atomic E-state index is 0.0291. The summed E-state index contributed by atoms with van der Waals surface area (Å²) in [5, 5.41) is 6.68. The van der Waals surface area contributed by atoms with E-state index in [9.17, 15) is 4.39 Å². The minimum atomic E-state index is -0.159. The molecule has 1 aromatic rings. The number of aryl methyl sites for hydroxylation is 1. The van der Waals surface area contributed by atoms with Gasteiger partial charge in [-0.25, -0.2) is 4.39 Å². The van der Waals surface area contributed by atoms with Crippen molar-refractivity contribution in [3.05, 3.63) is 35.1 Å². The second-order valence-corrected chi connectivity index (χ2v) is 5.22. The summed E-state index contributed by atoms with van der Waals surface area (Å²) in [6, 6.07) is 5.91. The molecule has 1 saturated carbocycles. The Labute approximate surface area is 114 Å². The van der Waals surface area contributed by atoms with Gasteiger partial charge in [-0.1, -0.05) is 12.1 Å². The molecule has 1 atom stereocenters. The van der Waals surface area contributed by atoms with Crippen LogP contribution < -0.4 is 10.6 Å². The molecule has 19 heavy (non-hydrogen) atoms. The van der Waals surface area contributed by atoms with Crippen LogP contribution in [0.2, 0.25) is 0 Å². The molecule has 3 nitrogen and oxygen atoms in total. The van der Waals surface area contributed by atoms with E-state index >= 15 is 0 Å². The van der Waals surface area contributed by atoms with Crippen molar-refractivity contribution in [1.29, 1.82) is 0 Å². The van der Waals surface area contributed by atoms with Crippen LogP contribution in [0.5, 0.6) is 0 Å². The Morgan fingerprint density at radius 1 is 1.42 bits per heavy atom. The summed E-state index contributed by atoms with van der Waals surface area (Å²) in [6.07, 6.45) is 3.69. The van der Waals surface area contributed by atoms with Crippen LogP contribution in [-0.4, -0.2) is 19.0 Å². The van der Waals surface area contributed by atoms with Gasteiger partial charge in [0.15, 0.2) is 5.96 Å². The number of nitrogens with one attached hydrogen (secondary N) is 2. The number of guanidine groups is 1. The van der Waals surface area contributed by atoms with Gasteiger partial charge in [0, 0.05) is 13.1 Å². The first-order valence-corrected chi connectivity index (χ1v) is 6.86. The zero-order valence-electron chi connectivity index (χ0n) is 11.8. The van der Waals surface area contributed by atoms with Gasteiger partial charge in [0.2, 0.25) is 0 Å². The van der Waals surface area contributed by atoms with Gasteiger partial charge in [-0.2, -0.15) is 0 Å². The maximum atomic E-state index is 13.6. The van der Waals surface area contributed by atoms with Gasteiger partial charge in [-0.15, -0.1) is 0 Å². The standard InChI is InChI=1S/C15H22FN3/c1-10-7-8-12(9-14(10)16)11(2)18-15(17-3)19-13-5-4-6-13/h7-9,11,13H,4-6H2,1-3H3,(H2,17,18,19). The lowest BCUT2D eigenvalue weighted by molar-refractivity contribution is 0.378. The monoisotopic (exact) mass is 263 g/mol. The Kier molecular flexibility index (Phi) is 4.40. The lowest BCUT2D eigenvalue weighted by Gasteiger charge is -2.29. The molecule has 4 heteroatoms. The molecule has 0 spiro atoms. The number of halogens is 1. The first-order chi connectivity index (χ1) is 9.10. The van der Waals surface area contributed by atoms with Crippen molar-refractivity contribution >= 4 is 5.96 Å². The summed E-state index contributed by atoms with van der Waals surface area (Å²) in [7, 11) is 1.76. The van der Waals surface area contributed by atoms with E-state index in [1.807, 2.05) is 19.1 Å². The normalized spacial score (nSPS) is 17.8. The third-order valence-corrected chi connectivity index (χ3v) is 3.72. The number of hydrogen-bond donors (Lipinski definition) is 2. The average Bonchev–Trinajstić information content (AvgIpc) is 2.35. The summed E-state index contributed by atoms with van der Waals surface area (Å²) in [6.45, 7) is 3.78. The second kappa shape index (κ2) is 6.04. The molecule has 0 saturated heterocycles. The third kappa shape index (κ3) is 3.46. The Morgan fingerprint density at radius 2 is 2.16 bits per heavy atom. The molecule has 0 aliphatic heterocycles. The zero-order chi connectivity index (χ0) is 13.8. The molecule has 1 aliphatic rings. The quantitative estimate of drug-likeness (QED) is 0.650. The number of benzene rings is 1. The molecule has 1 aromatic carbocycles. The molecule has 2 rings (SSSR count). The van der Waals surface area contributed by atoms with E-state index < -0.39 is 0 Å². The number of aliphatic imine (C=N–C) groups is 1. The second-order valence-electron chi connectivity index (χ2n) is 5.22. The van der Waals surface area contributed by atoms with Crippen LogP contribution in [-0.2, 0) is 0 Å². The fraction of sp³-hybridized carbons (Fsp3) is 0.533. The van der Waals surface area contributed by atoms with Crippen LogP contribution in [0.3, 0.4) is 0 Å². The number of rotatable bonds is 3. The maximum absolute atomic E-state index is 13.6. The van der Waals surface area contributed by atoms with Crippen LogP contribution in [0.15, 0.2) is 23.2 Å². The van der Waals surface area contributed by atoms with Crippen molar-refractivity contribution < 1.29 is 4.39 Å². The predicted octanol–water partition coefficient (Wildman–Crippen LogP) is 2.91. The molecular weight excluding hydrogens is 241 g/mol. The summed E-state index contributed by atoms with van der Waals surface area (Å²) in [5.74, 6) is 0.631. The van der Waals surface area contributed by atoms with Gasteiger partial charge in [0.25, 0.3) is 0 Å². The molecule has 2 N–H and O–H groups in total. The van der Waals surface area contributed by atoms with Gasteiger partial charge in [0.05, 0.1) is 6.04 Å². The summed E-state index contributed by atoms with van der Waals surface area (Å²) < 4.78 is 13.6. The molecule has 0 bridgehead atoms. The van der Waals surface area contributed by atoms with Crippen molar-refractivity contribution in [1.82, 2.24) is 10.6 Å². The highest BCUT2D eigenvalue weighted by molar-refractivity contribution is 5.80. The lowest BCUT2D eigenvalue weighted by atomic mass is 9.93. The van der Waals surface area contributed by atoms with Gasteiger partial charge in [0.1, 0.15) is 5.82 Å². The predicted molar refractivity (Wildman–Crippen MR) is 76.8 cm³/mol. The Balaban J connectivity index is 1.97. The van der Waals surface area contributed by atoms with E-state index in [0.717, 1.165) is 11.5 Å². The smallest absolute Gasteiger partial charge is 0.191 e. The molecule has 1 aliphatic carbocycles. The first kappa shape index (κ1) is 13.8. The Hall–Kier alpha value is -1.58. The van der Waals surface area contributed by atoms with Crippen LogP contribution in [0.1, 0.15) is 43.4 Å². The number of nitrogens with zero attached hydrogens (tertiary/aromatic N) is 1. The van der Waals surface area contributed by atoms with Crippen molar-refractivity contribution in [2.45, 2.75) is 45.2 Å². The van der Waals surface area contributed by atoms with E-state index in [2.05, 4.69) is 15.6 Å². The fourth-order valence-corrected chi connectivity index (χ4v) is 2.08. The van der Waals surface area contributed by atoms with E-state index in [4.69, 9.17) is 0 Å². The zero-order valence-corrected chi connectivity index (χ0v) is 11.8. The molecule has 1 unspecified atom stereocenters. The molecule has 0 heterocycles. The van der Waals surface area contributed by atoms with Gasteiger partial charge < -0.3 is 10.6 Å². The summed E-state index contributed by atoms with van der Waals surface area (Å²) >= 11 is 0. The molecular formula is C15H22FN3. The Morgan fingerprint density at radius 3 is 2.68 bits per heavy atom. The molecule has 0 amide bonds. The highest BCUT2D eigenvalue weighted by Gasteiger charge is 2.19. The summed E-state index contributed by atoms with van der Waals surface area (Å²) in [5.41, 5.74) is 1.60. The van der Waals surface area contributed by atoms with Crippen LogP contribution in [0.4, 0.5) is 4.39 Å². The van der Waals surface area contributed by atoms with E-state index in [-0.39, 0.29) is 11.9 Å². The maximum Gasteiger partial charge on any atom is 0.191 e. The SMILES string of the molecule is CN=C(NC1CCC1)NC(C)c1ccc(C)c(F)c1. The number of hydrogen-bond acceptors (Lipinski definition) is 1. The Bertz CT molecular complexity index is 466. The fourth-order valence-electron chi connectivity index (χ4n) is 2.08. The van der Waals surface area contributed by atoms with Crippen LogP contribution in [0.25, 0.3) is 0 Å². The van der Waals surface area contributed by atoms with Crippen molar-refractivity contribution in [2.75, 3.05) is 7.05 Å². The van der Waals surface area contributed by atoms with Crippen LogP contribution >= 0.6 is 0 Å². The van der Waals surface area contributed by atoms with Gasteiger partial charge in [-0.05, 0) is 50.3 Å². The lowest BCUT2D eigenvalue weighted by Crippen LogP contribution is -2.46. The average molecular weight is 263 g/mol. The van der Waals surface area contributed by atoms with Crippen molar-refractivity contribution in [3.63, 3.8) is 0 Å². The van der Waals surface area contributed by atoms with Crippen LogP contribution in [0, 0.1) is 12.7 Å². The van der Waals surface area contributed by atoms with Gasteiger partial charge in [-0.3, -0.25) is 4.99 Å². The largest absolute Gasteiger partial charge is 0.354 e. The topological polar surface area (TPSA) is 36.4 Å². The van der Waals surface area contributed by atoms with E-state index in [1.165, 1.54) is 19.3 Å². The highest BCUT2D eigenvalue weighted by atomic mass is 19.1. The molecule has 104 valence electrons. The third-order valence-electron chi connectivity index (χ3n) is 3.72. The minimum Gasteiger partial charge on any atom is -0.354 e. The van der Waals surface area contributed by atoms with E-state index in [0.29, 0.717) is 11.6 Å². The van der Waals surface area contributed by atoms with E-state index in [1.54, 1.807) is 20.0 Å². The first-order valence-electron chi connectivity index (χ1n) is 6.86.